The highest BCUT2D eigenvalue weighted by atomic mass is 35.5. The number of benzene rings is 2. The Hall–Kier alpha value is -3.90. The van der Waals surface area contributed by atoms with Crippen LogP contribution in [-0.2, 0) is 13.0 Å². The van der Waals surface area contributed by atoms with E-state index in [1.165, 1.54) is 11.1 Å². The van der Waals surface area contributed by atoms with Gasteiger partial charge in [0.05, 0.1) is 5.69 Å². The van der Waals surface area contributed by atoms with E-state index in [2.05, 4.69) is 39.6 Å². The van der Waals surface area contributed by atoms with Crippen LogP contribution in [0.4, 0.5) is 11.5 Å². The first-order valence-corrected chi connectivity index (χ1v) is 12.5. The van der Waals surface area contributed by atoms with Gasteiger partial charge in [0, 0.05) is 66.8 Å². The van der Waals surface area contributed by atoms with Crippen LogP contribution < -0.4 is 15.5 Å². The molecule has 0 fully saturated rings. The largest absolute Gasteiger partial charge is 0.367 e. The quantitative estimate of drug-likeness (QED) is 0.352. The second-order valence-corrected chi connectivity index (χ2v) is 9.35. The van der Waals surface area contributed by atoms with E-state index >= 15 is 0 Å². The highest BCUT2D eigenvalue weighted by Crippen LogP contribution is 2.33. The van der Waals surface area contributed by atoms with Gasteiger partial charge in [-0.2, -0.15) is 0 Å². The lowest BCUT2D eigenvalue weighted by Gasteiger charge is -2.32. The third-order valence-electron chi connectivity index (χ3n) is 6.43. The lowest BCUT2D eigenvalue weighted by Crippen LogP contribution is -2.34. The lowest BCUT2D eigenvalue weighted by atomic mass is 10.0. The summed E-state index contributed by atoms with van der Waals surface area (Å²) >= 11 is 6.26. The molecule has 6 nitrogen and oxygen atoms in total. The van der Waals surface area contributed by atoms with E-state index in [9.17, 15) is 4.79 Å². The summed E-state index contributed by atoms with van der Waals surface area (Å²) in [5.74, 6) is 0.793. The van der Waals surface area contributed by atoms with Gasteiger partial charge in [-0.3, -0.25) is 9.78 Å². The van der Waals surface area contributed by atoms with Crippen molar-refractivity contribution < 1.29 is 4.79 Å². The first-order chi connectivity index (χ1) is 17.6. The summed E-state index contributed by atoms with van der Waals surface area (Å²) in [6.45, 7) is 5.13. The molecule has 0 bridgehead atoms. The number of nitrogens with zero attached hydrogens (tertiary/aromatic N) is 3. The van der Waals surface area contributed by atoms with Crippen LogP contribution in [0.2, 0.25) is 5.02 Å². The fourth-order valence-electron chi connectivity index (χ4n) is 4.36. The van der Waals surface area contributed by atoms with Crippen LogP contribution in [0.1, 0.15) is 27.2 Å². The van der Waals surface area contributed by atoms with E-state index in [0.29, 0.717) is 18.5 Å². The van der Waals surface area contributed by atoms with Crippen molar-refractivity contribution in [1.82, 2.24) is 15.3 Å². The molecule has 0 unspecified atom stereocenters. The van der Waals surface area contributed by atoms with E-state index in [1.54, 1.807) is 6.20 Å². The molecule has 3 heterocycles. The molecule has 7 heteroatoms. The van der Waals surface area contributed by atoms with Crippen LogP contribution in [0.15, 0.2) is 79.1 Å². The molecule has 0 atom stereocenters. The van der Waals surface area contributed by atoms with Crippen LogP contribution >= 0.6 is 11.6 Å². The zero-order valence-corrected chi connectivity index (χ0v) is 20.9. The molecule has 2 aromatic heterocycles. The Morgan fingerprint density at radius 3 is 2.72 bits per heavy atom. The third-order valence-corrected chi connectivity index (χ3v) is 6.66. The number of carbonyl (C=O) groups excluding carboxylic acids is 1. The fourth-order valence-corrected chi connectivity index (χ4v) is 4.56. The molecule has 2 aromatic carbocycles. The van der Waals surface area contributed by atoms with E-state index in [0.717, 1.165) is 53.0 Å². The summed E-state index contributed by atoms with van der Waals surface area (Å²) in [5.41, 5.74) is 7.10. The molecule has 36 heavy (non-hydrogen) atoms. The first-order valence-electron chi connectivity index (χ1n) is 12.1. The molecule has 0 radical (unpaired) electrons. The van der Waals surface area contributed by atoms with Gasteiger partial charge >= 0.3 is 0 Å². The second kappa shape index (κ2) is 10.8. The standard InChI is InChI=1S/C29H28ClN5O/c1-20-5-10-25(30)16-24(20)19-35-15-14-32-28-27(35)17-23(18-34-28)21-6-8-22(9-7-21)29(36)33-13-11-26-4-2-3-12-31-26/h2-10,12,16-18H,11,13-15,19H2,1H3,(H,32,34)(H,33,36). The van der Waals surface area contributed by atoms with Gasteiger partial charge in [0.2, 0.25) is 0 Å². The van der Waals surface area contributed by atoms with E-state index in [-0.39, 0.29) is 5.91 Å². The maximum Gasteiger partial charge on any atom is 0.251 e. The Labute approximate surface area is 216 Å². The molecule has 0 saturated carbocycles. The van der Waals surface area contributed by atoms with Crippen LogP contribution in [0.3, 0.4) is 0 Å². The Morgan fingerprint density at radius 2 is 1.92 bits per heavy atom. The number of hydrogen-bond donors (Lipinski definition) is 2. The topological polar surface area (TPSA) is 70.2 Å². The van der Waals surface area contributed by atoms with Crippen LogP contribution in [0.5, 0.6) is 0 Å². The summed E-state index contributed by atoms with van der Waals surface area (Å²) < 4.78 is 0. The summed E-state index contributed by atoms with van der Waals surface area (Å²) in [6.07, 6.45) is 4.34. The number of aryl methyl sites for hydroxylation is 1. The zero-order chi connectivity index (χ0) is 24.9. The molecule has 0 aliphatic carbocycles. The van der Waals surface area contributed by atoms with Crippen molar-refractivity contribution in [2.75, 3.05) is 29.9 Å². The maximum atomic E-state index is 12.6. The van der Waals surface area contributed by atoms with E-state index < -0.39 is 0 Å². The number of rotatable bonds is 7. The number of hydrogen-bond acceptors (Lipinski definition) is 5. The maximum absolute atomic E-state index is 12.6. The number of anilines is 2. The number of pyridine rings is 2. The SMILES string of the molecule is Cc1ccc(Cl)cc1CN1CCNc2ncc(-c3ccc(C(=O)NCCc4ccccn4)cc3)cc21. The van der Waals surface area contributed by atoms with E-state index in [1.807, 2.05) is 60.8 Å². The highest BCUT2D eigenvalue weighted by Gasteiger charge is 2.20. The summed E-state index contributed by atoms with van der Waals surface area (Å²) in [5, 5.41) is 7.12. The Balaban J connectivity index is 1.29. The highest BCUT2D eigenvalue weighted by molar-refractivity contribution is 6.30. The van der Waals surface area contributed by atoms with Gasteiger partial charge in [0.1, 0.15) is 5.82 Å². The predicted molar refractivity (Wildman–Crippen MR) is 146 cm³/mol. The summed E-state index contributed by atoms with van der Waals surface area (Å²) in [7, 11) is 0. The van der Waals surface area contributed by atoms with Gasteiger partial charge in [-0.25, -0.2) is 4.98 Å². The fraction of sp³-hybridized carbons (Fsp3) is 0.207. The van der Waals surface area contributed by atoms with Crippen molar-refractivity contribution in [2.24, 2.45) is 0 Å². The van der Waals surface area contributed by atoms with Crippen molar-refractivity contribution >= 4 is 29.0 Å². The van der Waals surface area contributed by atoms with Gasteiger partial charge in [-0.15, -0.1) is 0 Å². The molecule has 0 saturated heterocycles. The van der Waals surface area contributed by atoms with Crippen LogP contribution in [0, 0.1) is 6.92 Å². The van der Waals surface area contributed by atoms with E-state index in [4.69, 9.17) is 16.6 Å². The molecule has 1 aliphatic rings. The average molecular weight is 498 g/mol. The molecule has 1 amide bonds. The summed E-state index contributed by atoms with van der Waals surface area (Å²) in [6, 6.07) is 21.6. The molecule has 1 aliphatic heterocycles. The van der Waals surface area contributed by atoms with Gasteiger partial charge in [0.15, 0.2) is 0 Å². The Kier molecular flexibility index (Phi) is 7.14. The normalized spacial score (nSPS) is 12.6. The minimum Gasteiger partial charge on any atom is -0.367 e. The van der Waals surface area contributed by atoms with Crippen molar-refractivity contribution in [3.63, 3.8) is 0 Å². The van der Waals surface area contributed by atoms with Crippen LogP contribution in [-0.4, -0.2) is 35.5 Å². The second-order valence-electron chi connectivity index (χ2n) is 8.92. The molecule has 0 spiro atoms. The van der Waals surface area contributed by atoms with Gasteiger partial charge < -0.3 is 15.5 Å². The van der Waals surface area contributed by atoms with Crippen molar-refractivity contribution in [1.29, 1.82) is 0 Å². The molecule has 4 aromatic rings. The monoisotopic (exact) mass is 497 g/mol. The number of nitrogens with one attached hydrogen (secondary N) is 2. The molecule has 2 N–H and O–H groups in total. The van der Waals surface area contributed by atoms with Gasteiger partial charge in [0.25, 0.3) is 5.91 Å². The Bertz CT molecular complexity index is 1360. The first kappa shape index (κ1) is 23.8. The number of aromatic nitrogens is 2. The minimum atomic E-state index is -0.0895. The predicted octanol–water partition coefficient (Wildman–Crippen LogP) is 5.51. The third kappa shape index (κ3) is 5.50. The van der Waals surface area contributed by atoms with Gasteiger partial charge in [-0.05, 0) is 66.1 Å². The smallest absolute Gasteiger partial charge is 0.251 e. The average Bonchev–Trinajstić information content (AvgIpc) is 2.91. The minimum absolute atomic E-state index is 0.0895. The van der Waals surface area contributed by atoms with Crippen molar-refractivity contribution in [3.8, 4) is 11.1 Å². The molecule has 5 rings (SSSR count). The van der Waals surface area contributed by atoms with Crippen LogP contribution in [0.25, 0.3) is 11.1 Å². The molecular formula is C29H28ClN5O. The molecular weight excluding hydrogens is 470 g/mol. The molecule has 182 valence electrons. The van der Waals surface area contributed by atoms with Crippen molar-refractivity contribution in [3.05, 3.63) is 107 Å². The number of carbonyl (C=O) groups is 1. The Morgan fingerprint density at radius 1 is 1.06 bits per heavy atom. The summed E-state index contributed by atoms with van der Waals surface area (Å²) in [4.78, 5) is 23.9. The number of fused-ring (bicyclic) bond motifs is 1. The number of amides is 1. The van der Waals surface area contributed by atoms with Gasteiger partial charge in [-0.1, -0.05) is 35.9 Å². The number of halogens is 1. The zero-order valence-electron chi connectivity index (χ0n) is 20.2. The van der Waals surface area contributed by atoms with Crippen molar-refractivity contribution in [2.45, 2.75) is 19.9 Å². The lowest BCUT2D eigenvalue weighted by molar-refractivity contribution is 0.0954.